The van der Waals surface area contributed by atoms with Gasteiger partial charge in [0.05, 0.1) is 6.20 Å². The molecule has 1 rings (SSSR count). The van der Waals surface area contributed by atoms with Crippen LogP contribution in [0.5, 0.6) is 0 Å². The first kappa shape index (κ1) is 9.96. The largest absolute Gasteiger partial charge is 0.310 e. The van der Waals surface area contributed by atoms with Gasteiger partial charge in [0.15, 0.2) is 0 Å². The molecule has 68 valence electrons. The Bertz CT molecular complexity index is 225. The van der Waals surface area contributed by atoms with Gasteiger partial charge in [-0.3, -0.25) is 0 Å². The second-order valence-electron chi connectivity index (χ2n) is 2.59. The van der Waals surface area contributed by atoms with E-state index in [1.54, 1.807) is 6.20 Å². The van der Waals surface area contributed by atoms with Crippen LogP contribution in [0.15, 0.2) is 6.20 Å². The number of thiazole rings is 1. The topological polar surface area (TPSA) is 24.9 Å². The smallest absolute Gasteiger partial charge is 0.113 e. The molecule has 0 spiro atoms. The summed E-state index contributed by atoms with van der Waals surface area (Å²) in [5.41, 5.74) is 0. The molecule has 0 saturated carbocycles. The highest BCUT2D eigenvalue weighted by atomic mass is 35.5. The molecule has 2 nitrogen and oxygen atoms in total. The van der Waals surface area contributed by atoms with Crippen LogP contribution in [-0.4, -0.2) is 11.5 Å². The summed E-state index contributed by atoms with van der Waals surface area (Å²) in [4.78, 5) is 4.14. The minimum absolute atomic E-state index is 0.766. The van der Waals surface area contributed by atoms with Crippen LogP contribution in [0.2, 0.25) is 4.34 Å². The molecule has 0 aromatic carbocycles. The van der Waals surface area contributed by atoms with Gasteiger partial charge in [0, 0.05) is 6.54 Å². The average molecular weight is 205 g/mol. The van der Waals surface area contributed by atoms with Gasteiger partial charge in [-0.1, -0.05) is 24.9 Å². The van der Waals surface area contributed by atoms with Crippen molar-refractivity contribution in [2.24, 2.45) is 0 Å². The minimum Gasteiger partial charge on any atom is -0.310 e. The van der Waals surface area contributed by atoms with Crippen LogP contribution >= 0.6 is 22.9 Å². The van der Waals surface area contributed by atoms with E-state index in [0.29, 0.717) is 0 Å². The Morgan fingerprint density at radius 2 is 2.50 bits per heavy atom. The summed E-state index contributed by atoms with van der Waals surface area (Å²) in [7, 11) is 0. The highest BCUT2D eigenvalue weighted by molar-refractivity contribution is 7.15. The number of halogens is 1. The number of rotatable bonds is 5. The van der Waals surface area contributed by atoms with Crippen LogP contribution in [0, 0.1) is 0 Å². The molecule has 1 aromatic rings. The lowest BCUT2D eigenvalue weighted by Crippen LogP contribution is -2.13. The first-order chi connectivity index (χ1) is 5.83. The third-order valence-corrected chi connectivity index (χ3v) is 2.62. The summed E-state index contributed by atoms with van der Waals surface area (Å²) < 4.78 is 0.766. The monoisotopic (exact) mass is 204 g/mol. The molecule has 0 atom stereocenters. The Morgan fingerprint density at radius 3 is 3.08 bits per heavy atom. The lowest BCUT2D eigenvalue weighted by atomic mass is 10.3. The SMILES string of the molecule is CCCCNCc1ncc(Cl)s1. The van der Waals surface area contributed by atoms with E-state index in [2.05, 4.69) is 17.2 Å². The van der Waals surface area contributed by atoms with Gasteiger partial charge in [-0.25, -0.2) is 4.98 Å². The maximum absolute atomic E-state index is 5.73. The first-order valence-electron chi connectivity index (χ1n) is 4.14. The van der Waals surface area contributed by atoms with E-state index in [1.807, 2.05) is 0 Å². The Hall–Kier alpha value is -0.120. The van der Waals surface area contributed by atoms with Crippen molar-refractivity contribution in [1.82, 2.24) is 10.3 Å². The molecule has 1 aromatic heterocycles. The molecule has 0 aliphatic rings. The molecule has 1 heterocycles. The lowest BCUT2D eigenvalue weighted by Gasteiger charge is -1.98. The molecule has 0 aliphatic carbocycles. The number of nitrogens with zero attached hydrogens (tertiary/aromatic N) is 1. The van der Waals surface area contributed by atoms with Gasteiger partial charge in [-0.15, -0.1) is 11.3 Å². The zero-order valence-electron chi connectivity index (χ0n) is 7.14. The molecule has 1 N–H and O–H groups in total. The molecule has 0 fully saturated rings. The fourth-order valence-corrected chi connectivity index (χ4v) is 1.79. The molecule has 0 aliphatic heterocycles. The van der Waals surface area contributed by atoms with Crippen LogP contribution in [0.4, 0.5) is 0 Å². The highest BCUT2D eigenvalue weighted by Gasteiger charge is 1.97. The zero-order chi connectivity index (χ0) is 8.81. The predicted molar refractivity (Wildman–Crippen MR) is 53.7 cm³/mol. The van der Waals surface area contributed by atoms with Gasteiger partial charge in [-0.05, 0) is 13.0 Å². The molecule has 0 radical (unpaired) electrons. The van der Waals surface area contributed by atoms with E-state index in [0.717, 1.165) is 22.4 Å². The van der Waals surface area contributed by atoms with Crippen molar-refractivity contribution in [2.45, 2.75) is 26.3 Å². The van der Waals surface area contributed by atoms with E-state index in [1.165, 1.54) is 24.2 Å². The highest BCUT2D eigenvalue weighted by Crippen LogP contribution is 2.17. The van der Waals surface area contributed by atoms with Gasteiger partial charge in [0.2, 0.25) is 0 Å². The van der Waals surface area contributed by atoms with Gasteiger partial charge >= 0.3 is 0 Å². The average Bonchev–Trinajstić information content (AvgIpc) is 2.45. The quantitative estimate of drug-likeness (QED) is 0.747. The molecular formula is C8H13ClN2S. The lowest BCUT2D eigenvalue weighted by molar-refractivity contribution is 0.639. The molecule has 0 saturated heterocycles. The molecule has 0 unspecified atom stereocenters. The standard InChI is InChI=1S/C8H13ClN2S/c1-2-3-4-10-6-8-11-5-7(9)12-8/h5,10H,2-4,6H2,1H3. The van der Waals surface area contributed by atoms with E-state index in [-0.39, 0.29) is 0 Å². The van der Waals surface area contributed by atoms with Crippen LogP contribution < -0.4 is 5.32 Å². The first-order valence-corrected chi connectivity index (χ1v) is 5.33. The number of hydrogen-bond acceptors (Lipinski definition) is 3. The Morgan fingerprint density at radius 1 is 1.67 bits per heavy atom. The number of aromatic nitrogens is 1. The van der Waals surface area contributed by atoms with Crippen molar-refractivity contribution in [3.05, 3.63) is 15.5 Å². The number of hydrogen-bond donors (Lipinski definition) is 1. The van der Waals surface area contributed by atoms with Gasteiger partial charge in [0.25, 0.3) is 0 Å². The van der Waals surface area contributed by atoms with Crippen LogP contribution in [0.3, 0.4) is 0 Å². The van der Waals surface area contributed by atoms with E-state index < -0.39 is 0 Å². The van der Waals surface area contributed by atoms with Crippen LogP contribution in [-0.2, 0) is 6.54 Å². The number of nitrogens with one attached hydrogen (secondary N) is 1. The Balaban J connectivity index is 2.15. The fourth-order valence-electron chi connectivity index (χ4n) is 0.867. The van der Waals surface area contributed by atoms with Crippen molar-refractivity contribution >= 4 is 22.9 Å². The summed E-state index contributed by atoms with van der Waals surface area (Å²) in [6, 6.07) is 0. The summed E-state index contributed by atoms with van der Waals surface area (Å²) in [5.74, 6) is 0. The van der Waals surface area contributed by atoms with Crippen molar-refractivity contribution in [3.8, 4) is 0 Å². The third kappa shape index (κ3) is 3.52. The maximum atomic E-state index is 5.73. The summed E-state index contributed by atoms with van der Waals surface area (Å²) >= 11 is 7.27. The summed E-state index contributed by atoms with van der Waals surface area (Å²) in [6.45, 7) is 4.09. The van der Waals surface area contributed by atoms with Crippen molar-refractivity contribution in [1.29, 1.82) is 0 Å². The molecule has 0 amide bonds. The van der Waals surface area contributed by atoms with Crippen LogP contribution in [0.1, 0.15) is 24.8 Å². The third-order valence-electron chi connectivity index (χ3n) is 1.51. The second kappa shape index (κ2) is 5.51. The number of unbranched alkanes of at least 4 members (excludes halogenated alkanes) is 1. The van der Waals surface area contributed by atoms with E-state index in [9.17, 15) is 0 Å². The van der Waals surface area contributed by atoms with Crippen molar-refractivity contribution < 1.29 is 0 Å². The summed E-state index contributed by atoms with van der Waals surface area (Å²) in [5, 5.41) is 4.37. The minimum atomic E-state index is 0.766. The van der Waals surface area contributed by atoms with Gasteiger partial charge in [-0.2, -0.15) is 0 Å². The normalized spacial score (nSPS) is 10.5. The predicted octanol–water partition coefficient (Wildman–Crippen LogP) is 2.69. The van der Waals surface area contributed by atoms with E-state index >= 15 is 0 Å². The fraction of sp³-hybridized carbons (Fsp3) is 0.625. The Kier molecular flexibility index (Phi) is 4.58. The molecule has 0 bridgehead atoms. The van der Waals surface area contributed by atoms with Gasteiger partial charge < -0.3 is 5.32 Å². The Labute approximate surface area is 82.0 Å². The second-order valence-corrected chi connectivity index (χ2v) is 4.33. The molecule has 4 heteroatoms. The van der Waals surface area contributed by atoms with Crippen molar-refractivity contribution in [3.63, 3.8) is 0 Å². The van der Waals surface area contributed by atoms with Gasteiger partial charge in [0.1, 0.15) is 9.34 Å². The molecule has 12 heavy (non-hydrogen) atoms. The van der Waals surface area contributed by atoms with Crippen LogP contribution in [0.25, 0.3) is 0 Å². The van der Waals surface area contributed by atoms with Crippen molar-refractivity contribution in [2.75, 3.05) is 6.54 Å². The van der Waals surface area contributed by atoms with E-state index in [4.69, 9.17) is 11.6 Å². The summed E-state index contributed by atoms with van der Waals surface area (Å²) in [6.07, 6.45) is 4.15. The molecular weight excluding hydrogens is 192 g/mol. The maximum Gasteiger partial charge on any atom is 0.113 e. The zero-order valence-corrected chi connectivity index (χ0v) is 8.71.